The van der Waals surface area contributed by atoms with E-state index in [0.29, 0.717) is 35.2 Å². The van der Waals surface area contributed by atoms with Gasteiger partial charge in [0.15, 0.2) is 0 Å². The summed E-state index contributed by atoms with van der Waals surface area (Å²) in [7, 11) is 0. The topological polar surface area (TPSA) is 40.5 Å². The van der Waals surface area contributed by atoms with Gasteiger partial charge >= 0.3 is 21.1 Å². The van der Waals surface area contributed by atoms with Crippen LogP contribution in [0.15, 0.2) is 36.4 Å². The van der Waals surface area contributed by atoms with Gasteiger partial charge in [0.25, 0.3) is 0 Å². The van der Waals surface area contributed by atoms with Gasteiger partial charge in [-0.05, 0) is 45.9 Å². The molecule has 0 saturated carbocycles. The molecule has 2 aromatic carbocycles. The van der Waals surface area contributed by atoms with Crippen LogP contribution >= 0.6 is 0 Å². The molecular formula is C24H36Cl2O2W. The first-order chi connectivity index (χ1) is 12.1. The number of phenolic OH excluding ortho intramolecular Hbond substituents is 2. The van der Waals surface area contributed by atoms with E-state index in [2.05, 4.69) is 55.4 Å². The molecule has 29 heavy (non-hydrogen) atoms. The van der Waals surface area contributed by atoms with Crippen LogP contribution in [-0.4, -0.2) is 10.2 Å². The van der Waals surface area contributed by atoms with E-state index in [0.717, 1.165) is 22.3 Å². The van der Waals surface area contributed by atoms with E-state index in [1.165, 1.54) is 0 Å². The van der Waals surface area contributed by atoms with Crippen molar-refractivity contribution >= 4 is 0 Å². The maximum atomic E-state index is 9.93. The fraction of sp³-hybridized carbons (Fsp3) is 0.500. The average Bonchev–Trinajstić information content (AvgIpc) is 2.54. The van der Waals surface area contributed by atoms with Crippen molar-refractivity contribution < 1.29 is 56.1 Å². The summed E-state index contributed by atoms with van der Waals surface area (Å²) in [6.07, 6.45) is 0. The first-order valence-corrected chi connectivity index (χ1v) is 9.71. The van der Waals surface area contributed by atoms with E-state index < -0.39 is 0 Å². The molecule has 0 atom stereocenters. The predicted molar refractivity (Wildman–Crippen MR) is 113 cm³/mol. The van der Waals surface area contributed by atoms with Gasteiger partial charge in [-0.2, -0.15) is 0 Å². The van der Waals surface area contributed by atoms with Crippen LogP contribution in [0.3, 0.4) is 0 Å². The fourth-order valence-corrected chi connectivity index (χ4v) is 3.02. The second-order valence-electron chi connectivity index (χ2n) is 8.19. The quantitative estimate of drug-likeness (QED) is 0.548. The van der Waals surface area contributed by atoms with E-state index in [1.807, 2.05) is 36.4 Å². The van der Waals surface area contributed by atoms with Gasteiger partial charge in [0.05, 0.1) is 0 Å². The zero-order chi connectivity index (χ0) is 20.0. The van der Waals surface area contributed by atoms with E-state index >= 15 is 0 Å². The zero-order valence-electron chi connectivity index (χ0n) is 18.8. The Morgan fingerprint density at radius 3 is 0.793 bits per heavy atom. The molecule has 0 aliphatic rings. The summed E-state index contributed by atoms with van der Waals surface area (Å²) >= 11 is 0. The predicted octanol–water partition coefficient (Wildman–Crippen LogP) is 1.28. The van der Waals surface area contributed by atoms with Crippen molar-refractivity contribution in [3.05, 3.63) is 58.7 Å². The van der Waals surface area contributed by atoms with Crippen molar-refractivity contribution in [2.24, 2.45) is 0 Å². The van der Waals surface area contributed by atoms with Crippen LogP contribution in [0.25, 0.3) is 0 Å². The summed E-state index contributed by atoms with van der Waals surface area (Å²) in [6.45, 7) is 16.8. The van der Waals surface area contributed by atoms with Crippen LogP contribution in [0, 0.1) is 0 Å². The molecule has 0 fully saturated rings. The molecule has 0 bridgehead atoms. The third kappa shape index (κ3) is 9.33. The van der Waals surface area contributed by atoms with Gasteiger partial charge in [-0.1, -0.05) is 91.8 Å². The van der Waals surface area contributed by atoms with E-state index in [4.69, 9.17) is 0 Å². The maximum absolute atomic E-state index is 9.93. The summed E-state index contributed by atoms with van der Waals surface area (Å²) in [5.74, 6) is 2.51. The Bertz CT molecular complexity index is 600. The normalized spacial score (nSPS) is 10.1. The summed E-state index contributed by atoms with van der Waals surface area (Å²) in [5.41, 5.74) is 4.19. The van der Waals surface area contributed by atoms with Crippen LogP contribution < -0.4 is 24.8 Å². The number of aromatic hydroxyl groups is 2. The Labute approximate surface area is 204 Å². The van der Waals surface area contributed by atoms with Gasteiger partial charge in [0.1, 0.15) is 11.5 Å². The molecule has 0 aliphatic heterocycles. The molecule has 0 unspecified atom stereocenters. The summed E-state index contributed by atoms with van der Waals surface area (Å²) < 4.78 is 0. The van der Waals surface area contributed by atoms with Gasteiger partial charge < -0.3 is 35.0 Å². The second kappa shape index (κ2) is 15.2. The van der Waals surface area contributed by atoms with Crippen LogP contribution in [0.2, 0.25) is 0 Å². The molecule has 0 radical (unpaired) electrons. The van der Waals surface area contributed by atoms with Crippen molar-refractivity contribution in [3.63, 3.8) is 0 Å². The third-order valence-electron chi connectivity index (χ3n) is 4.68. The Kier molecular flexibility index (Phi) is 17.2. The fourth-order valence-electron chi connectivity index (χ4n) is 3.02. The van der Waals surface area contributed by atoms with Crippen molar-refractivity contribution in [1.29, 1.82) is 0 Å². The Balaban J connectivity index is -0.000000422. The standard InChI is InChI=1S/2C12H18O.2ClH.W/c2*1-8(2)10-6-5-7-11(9(3)4)12(10)13;;;/h2*5-9,13H,1-4H3;2*1H;/q;;;;+2/p-2. The molecule has 0 amide bonds. The van der Waals surface area contributed by atoms with Crippen molar-refractivity contribution in [2.75, 3.05) is 0 Å². The molecule has 164 valence electrons. The number of benzene rings is 2. The molecule has 0 spiro atoms. The van der Waals surface area contributed by atoms with E-state index in [-0.39, 0.29) is 45.9 Å². The Hall–Kier alpha value is -0.692. The smallest absolute Gasteiger partial charge is 1.00 e. The number of rotatable bonds is 4. The number of hydrogen-bond donors (Lipinski definition) is 2. The van der Waals surface area contributed by atoms with Gasteiger partial charge in [-0.15, -0.1) is 0 Å². The summed E-state index contributed by atoms with van der Waals surface area (Å²) in [4.78, 5) is 0. The maximum Gasteiger partial charge on any atom is 2.00 e. The third-order valence-corrected chi connectivity index (χ3v) is 4.68. The van der Waals surface area contributed by atoms with Crippen molar-refractivity contribution in [1.82, 2.24) is 0 Å². The summed E-state index contributed by atoms with van der Waals surface area (Å²) in [5, 5.41) is 19.9. The van der Waals surface area contributed by atoms with Crippen LogP contribution in [0.1, 0.15) is 101 Å². The van der Waals surface area contributed by atoms with Crippen LogP contribution in [0.5, 0.6) is 11.5 Å². The minimum atomic E-state index is 0. The van der Waals surface area contributed by atoms with Crippen LogP contribution in [0.4, 0.5) is 0 Å². The Morgan fingerprint density at radius 1 is 0.483 bits per heavy atom. The molecule has 2 N–H and O–H groups in total. The first-order valence-electron chi connectivity index (χ1n) is 9.71. The van der Waals surface area contributed by atoms with E-state index in [1.54, 1.807) is 0 Å². The largest absolute Gasteiger partial charge is 2.00 e. The van der Waals surface area contributed by atoms with Crippen molar-refractivity contribution in [2.45, 2.75) is 79.1 Å². The van der Waals surface area contributed by atoms with E-state index in [9.17, 15) is 10.2 Å². The average molecular weight is 611 g/mol. The second-order valence-corrected chi connectivity index (χ2v) is 8.19. The molecule has 0 aliphatic carbocycles. The molecule has 2 rings (SSSR count). The van der Waals surface area contributed by atoms with Crippen LogP contribution in [-0.2, 0) is 21.1 Å². The SMILES string of the molecule is CC(C)c1cccc(C(C)C)c1O.CC(C)c1cccc(C(C)C)c1O.[Cl-].[Cl-].[W+2]. The molecule has 0 heterocycles. The number of phenols is 2. The minimum Gasteiger partial charge on any atom is -1.00 e. The molecule has 2 nitrogen and oxygen atoms in total. The zero-order valence-corrected chi connectivity index (χ0v) is 23.3. The number of hydrogen-bond acceptors (Lipinski definition) is 2. The Morgan fingerprint density at radius 2 is 0.655 bits per heavy atom. The van der Waals surface area contributed by atoms with Gasteiger partial charge in [-0.3, -0.25) is 0 Å². The molecule has 0 saturated heterocycles. The first kappa shape index (κ1) is 33.0. The van der Waals surface area contributed by atoms with Gasteiger partial charge in [0, 0.05) is 0 Å². The number of halogens is 2. The van der Waals surface area contributed by atoms with Gasteiger partial charge in [0.2, 0.25) is 0 Å². The van der Waals surface area contributed by atoms with Crippen molar-refractivity contribution in [3.8, 4) is 11.5 Å². The molecule has 2 aromatic rings. The number of para-hydroxylation sites is 2. The molecule has 0 aromatic heterocycles. The molecule has 5 heteroatoms. The summed E-state index contributed by atoms with van der Waals surface area (Å²) in [6, 6.07) is 12.0. The molecular weight excluding hydrogens is 575 g/mol. The monoisotopic (exact) mass is 610 g/mol. The minimum absolute atomic E-state index is 0. The van der Waals surface area contributed by atoms with Gasteiger partial charge in [-0.25, -0.2) is 0 Å².